The van der Waals surface area contributed by atoms with Crippen molar-refractivity contribution >= 4 is 34.6 Å². The van der Waals surface area contributed by atoms with Gasteiger partial charge in [0.2, 0.25) is 0 Å². The number of para-hydroxylation sites is 1. The lowest BCUT2D eigenvalue weighted by Crippen LogP contribution is -2.50. The Hall–Kier alpha value is -4.31. The standard InChI is InChI=1S/C41H43ClF6N4/c1-24(2)31-15-11-16-32(25(3)4)37(31)50-38(29-13-9-8-10-14-29)51-17-12-18-52(23-51)39(49-36-28(7)19-26(5)20-34(36)42)35-27(6)21-30(40(43,44)45)22-33(35)41(46,47)48/h8-11,13-16,19-22,24-25H,12,17-18,23H2,1-7H3. The van der Waals surface area contributed by atoms with Crippen LogP contribution < -0.4 is 0 Å². The van der Waals surface area contributed by atoms with Crippen LogP contribution in [0.15, 0.2) is 82.8 Å². The number of amidine groups is 2. The molecule has 0 unspecified atom stereocenters. The zero-order valence-electron chi connectivity index (χ0n) is 30.3. The van der Waals surface area contributed by atoms with Crippen molar-refractivity contribution in [3.05, 3.63) is 128 Å². The van der Waals surface area contributed by atoms with Crippen molar-refractivity contribution in [3.8, 4) is 0 Å². The number of aliphatic imine (C=N–C) groups is 2. The summed E-state index contributed by atoms with van der Waals surface area (Å²) >= 11 is 6.66. The van der Waals surface area contributed by atoms with Crippen LogP contribution in [-0.2, 0) is 12.4 Å². The maximum Gasteiger partial charge on any atom is 0.417 e. The first-order valence-corrected chi connectivity index (χ1v) is 17.7. The summed E-state index contributed by atoms with van der Waals surface area (Å²) < 4.78 is 86.3. The smallest absolute Gasteiger partial charge is 0.338 e. The summed E-state index contributed by atoms with van der Waals surface area (Å²) in [6, 6.07) is 20.1. The highest BCUT2D eigenvalue weighted by Gasteiger charge is 2.41. The lowest BCUT2D eigenvalue weighted by molar-refractivity contribution is -0.143. The molecule has 0 amide bonds. The van der Waals surface area contributed by atoms with Crippen LogP contribution in [0.5, 0.6) is 0 Å². The van der Waals surface area contributed by atoms with E-state index in [0.29, 0.717) is 24.4 Å². The average molecular weight is 741 g/mol. The van der Waals surface area contributed by atoms with E-state index in [1.807, 2.05) is 54.3 Å². The molecule has 1 aliphatic rings. The molecule has 4 aromatic carbocycles. The Bertz CT molecular complexity index is 1930. The largest absolute Gasteiger partial charge is 0.417 e. The number of benzene rings is 4. The van der Waals surface area contributed by atoms with Crippen LogP contribution >= 0.6 is 11.6 Å². The quantitative estimate of drug-likeness (QED) is 0.112. The minimum atomic E-state index is -5.12. The Kier molecular flexibility index (Phi) is 11.5. The second-order valence-corrected chi connectivity index (χ2v) is 14.4. The summed E-state index contributed by atoms with van der Waals surface area (Å²) in [5.41, 5.74) is 2.06. The third-order valence-electron chi connectivity index (χ3n) is 9.20. The molecule has 1 fully saturated rings. The lowest BCUT2D eigenvalue weighted by atomic mass is 9.93. The predicted octanol–water partition coefficient (Wildman–Crippen LogP) is 12.4. The van der Waals surface area contributed by atoms with Crippen molar-refractivity contribution in [2.75, 3.05) is 19.8 Å². The van der Waals surface area contributed by atoms with E-state index in [-0.39, 0.29) is 53.2 Å². The molecule has 1 saturated heterocycles. The van der Waals surface area contributed by atoms with Crippen molar-refractivity contribution in [1.82, 2.24) is 9.80 Å². The van der Waals surface area contributed by atoms with Gasteiger partial charge in [0.25, 0.3) is 0 Å². The molecule has 276 valence electrons. The molecule has 0 aromatic heterocycles. The molecular weight excluding hydrogens is 698 g/mol. The molecule has 0 spiro atoms. The number of hydrogen-bond donors (Lipinski definition) is 0. The summed E-state index contributed by atoms with van der Waals surface area (Å²) in [5, 5.41) is 0.222. The van der Waals surface area contributed by atoms with E-state index in [2.05, 4.69) is 39.8 Å². The number of hydrogen-bond acceptors (Lipinski definition) is 2. The van der Waals surface area contributed by atoms with E-state index in [1.165, 1.54) is 6.92 Å². The molecule has 11 heteroatoms. The molecular formula is C41H43ClF6N4. The molecule has 0 bridgehead atoms. The lowest BCUT2D eigenvalue weighted by Gasteiger charge is -2.40. The molecule has 0 saturated carbocycles. The highest BCUT2D eigenvalue weighted by atomic mass is 35.5. The normalized spacial score (nSPS) is 14.9. The molecule has 52 heavy (non-hydrogen) atoms. The van der Waals surface area contributed by atoms with Crippen LogP contribution in [0.1, 0.15) is 96.0 Å². The molecule has 4 aromatic rings. The van der Waals surface area contributed by atoms with E-state index in [4.69, 9.17) is 21.6 Å². The number of nitrogens with zero attached hydrogens (tertiary/aromatic N) is 4. The van der Waals surface area contributed by atoms with Crippen molar-refractivity contribution in [2.24, 2.45) is 9.98 Å². The van der Waals surface area contributed by atoms with Gasteiger partial charge in [-0.15, -0.1) is 0 Å². The van der Waals surface area contributed by atoms with Crippen molar-refractivity contribution in [2.45, 2.75) is 79.1 Å². The van der Waals surface area contributed by atoms with Gasteiger partial charge in [0.05, 0.1) is 34.2 Å². The van der Waals surface area contributed by atoms with Gasteiger partial charge < -0.3 is 9.80 Å². The van der Waals surface area contributed by atoms with Crippen molar-refractivity contribution in [1.29, 1.82) is 0 Å². The summed E-state index contributed by atoms with van der Waals surface area (Å²) in [5.74, 6) is 0.841. The summed E-state index contributed by atoms with van der Waals surface area (Å²) in [6.07, 6.45) is -9.59. The Morgan fingerprint density at radius 1 is 0.673 bits per heavy atom. The first-order valence-electron chi connectivity index (χ1n) is 17.3. The fourth-order valence-corrected chi connectivity index (χ4v) is 7.07. The number of aryl methyl sites for hydroxylation is 3. The first kappa shape index (κ1) is 38.9. The summed E-state index contributed by atoms with van der Waals surface area (Å²) in [7, 11) is 0. The van der Waals surface area contributed by atoms with Gasteiger partial charge in [0.1, 0.15) is 11.7 Å². The molecule has 0 atom stereocenters. The Morgan fingerprint density at radius 3 is 1.79 bits per heavy atom. The maximum absolute atomic E-state index is 14.9. The SMILES string of the molecule is Cc1cc(C)c(N=C(c2c(C)cc(C(F)(F)F)cc2C(F)(F)F)N2CCCN(C(=Nc3c(C(C)C)cccc3C(C)C)c3ccccc3)C2)c(Cl)c1. The van der Waals surface area contributed by atoms with E-state index in [0.717, 1.165) is 34.0 Å². The molecule has 4 nitrogen and oxygen atoms in total. The Labute approximate surface area is 306 Å². The third-order valence-corrected chi connectivity index (χ3v) is 9.48. The fraction of sp³-hybridized carbons (Fsp3) is 0.366. The highest BCUT2D eigenvalue weighted by Crippen LogP contribution is 2.41. The van der Waals surface area contributed by atoms with Crippen molar-refractivity contribution < 1.29 is 26.3 Å². The van der Waals surface area contributed by atoms with E-state index < -0.39 is 29.0 Å². The minimum absolute atomic E-state index is 0.0632. The second kappa shape index (κ2) is 15.3. The van der Waals surface area contributed by atoms with Gasteiger partial charge >= 0.3 is 12.4 Å². The zero-order valence-corrected chi connectivity index (χ0v) is 31.1. The Morgan fingerprint density at radius 2 is 1.25 bits per heavy atom. The molecule has 0 aliphatic carbocycles. The number of rotatable bonds is 6. The van der Waals surface area contributed by atoms with Crippen LogP contribution in [0, 0.1) is 20.8 Å². The van der Waals surface area contributed by atoms with Gasteiger partial charge in [-0.3, -0.25) is 0 Å². The van der Waals surface area contributed by atoms with Gasteiger partial charge in [0.15, 0.2) is 0 Å². The summed E-state index contributed by atoms with van der Waals surface area (Å²) in [4.78, 5) is 13.9. The molecule has 1 heterocycles. The summed E-state index contributed by atoms with van der Waals surface area (Å²) in [6.45, 7) is 14.2. The first-order chi connectivity index (χ1) is 24.4. The number of alkyl halides is 6. The Balaban J connectivity index is 1.75. The van der Waals surface area contributed by atoms with Gasteiger partial charge in [-0.25, -0.2) is 9.98 Å². The third kappa shape index (κ3) is 8.49. The van der Waals surface area contributed by atoms with Crippen LogP contribution in [0.3, 0.4) is 0 Å². The highest BCUT2D eigenvalue weighted by molar-refractivity contribution is 6.33. The van der Waals surface area contributed by atoms with Crippen LogP contribution in [0.4, 0.5) is 37.7 Å². The van der Waals surface area contributed by atoms with Crippen LogP contribution in [0.2, 0.25) is 5.02 Å². The number of halogens is 7. The van der Waals surface area contributed by atoms with E-state index >= 15 is 0 Å². The average Bonchev–Trinajstić information content (AvgIpc) is 3.06. The van der Waals surface area contributed by atoms with Crippen molar-refractivity contribution in [3.63, 3.8) is 0 Å². The van der Waals surface area contributed by atoms with Gasteiger partial charge in [-0.05, 0) is 85.0 Å². The zero-order chi connectivity index (χ0) is 38.1. The maximum atomic E-state index is 14.9. The van der Waals surface area contributed by atoms with E-state index in [1.54, 1.807) is 17.9 Å². The molecule has 0 radical (unpaired) electrons. The van der Waals surface area contributed by atoms with Crippen LogP contribution in [-0.4, -0.2) is 41.2 Å². The van der Waals surface area contributed by atoms with Gasteiger partial charge in [-0.1, -0.05) is 93.9 Å². The molecule has 1 aliphatic heterocycles. The van der Waals surface area contributed by atoms with Crippen LogP contribution in [0.25, 0.3) is 0 Å². The molecule has 5 rings (SSSR count). The van der Waals surface area contributed by atoms with Gasteiger partial charge in [-0.2, -0.15) is 26.3 Å². The van der Waals surface area contributed by atoms with E-state index in [9.17, 15) is 26.3 Å². The topological polar surface area (TPSA) is 31.2 Å². The monoisotopic (exact) mass is 740 g/mol. The minimum Gasteiger partial charge on any atom is -0.338 e. The molecule has 0 N–H and O–H groups in total. The van der Waals surface area contributed by atoms with Gasteiger partial charge in [0, 0.05) is 24.2 Å². The predicted molar refractivity (Wildman–Crippen MR) is 198 cm³/mol. The second-order valence-electron chi connectivity index (χ2n) is 14.0. The fourth-order valence-electron chi connectivity index (χ4n) is 6.71.